The van der Waals surface area contributed by atoms with Crippen molar-refractivity contribution in [1.82, 2.24) is 0 Å². The zero-order valence-corrected chi connectivity index (χ0v) is 13.8. The summed E-state index contributed by atoms with van der Waals surface area (Å²) in [6.07, 6.45) is 2.72. The fourth-order valence-electron chi connectivity index (χ4n) is 3.50. The minimum absolute atomic E-state index is 0.0455. The van der Waals surface area contributed by atoms with Gasteiger partial charge in [-0.15, -0.1) is 0 Å². The van der Waals surface area contributed by atoms with Crippen LogP contribution in [0, 0.1) is 19.8 Å². The molecule has 1 aromatic carbocycles. The highest BCUT2D eigenvalue weighted by Crippen LogP contribution is 2.48. The lowest BCUT2D eigenvalue weighted by Crippen LogP contribution is -2.11. The van der Waals surface area contributed by atoms with Gasteiger partial charge in [0.1, 0.15) is 6.10 Å². The van der Waals surface area contributed by atoms with Gasteiger partial charge in [-0.3, -0.25) is 0 Å². The van der Waals surface area contributed by atoms with E-state index in [1.165, 1.54) is 23.0 Å². The van der Waals surface area contributed by atoms with Crippen LogP contribution in [0.3, 0.4) is 0 Å². The van der Waals surface area contributed by atoms with Crippen LogP contribution in [-0.4, -0.2) is 18.2 Å². The summed E-state index contributed by atoms with van der Waals surface area (Å²) in [7, 11) is 0. The van der Waals surface area contributed by atoms with E-state index < -0.39 is 12.3 Å². The molecule has 0 spiro atoms. The maximum atomic E-state index is 12.2. The molecule has 0 N–H and O–H groups in total. The highest BCUT2D eigenvalue weighted by molar-refractivity contribution is 5.92. The molecule has 3 aliphatic rings. The fourth-order valence-corrected chi connectivity index (χ4v) is 3.50. The maximum absolute atomic E-state index is 12.2. The van der Waals surface area contributed by atoms with Crippen molar-refractivity contribution in [3.8, 4) is 0 Å². The predicted octanol–water partition coefficient (Wildman–Crippen LogP) is 2.80. The van der Waals surface area contributed by atoms with Crippen molar-refractivity contribution < 1.29 is 23.8 Å². The Morgan fingerprint density at radius 2 is 1.83 bits per heavy atom. The maximum Gasteiger partial charge on any atom is 0.338 e. The number of cyclic esters (lactones) is 1. The molecule has 24 heavy (non-hydrogen) atoms. The third kappa shape index (κ3) is 2.23. The molecule has 0 amide bonds. The third-order valence-electron chi connectivity index (χ3n) is 5.00. The van der Waals surface area contributed by atoms with Crippen LogP contribution >= 0.6 is 0 Å². The van der Waals surface area contributed by atoms with Crippen molar-refractivity contribution in [2.45, 2.75) is 39.6 Å². The Bertz CT molecular complexity index is 817. The van der Waals surface area contributed by atoms with Gasteiger partial charge >= 0.3 is 11.9 Å². The molecule has 2 aliphatic heterocycles. The Balaban J connectivity index is 1.58. The van der Waals surface area contributed by atoms with E-state index in [0.717, 1.165) is 12.0 Å². The highest BCUT2D eigenvalue weighted by Gasteiger charge is 2.46. The molecule has 0 unspecified atom stereocenters. The second kappa shape index (κ2) is 5.23. The van der Waals surface area contributed by atoms with Crippen molar-refractivity contribution in [3.05, 3.63) is 57.9 Å². The second-order valence-electron chi connectivity index (χ2n) is 6.60. The molecule has 4 rings (SSSR count). The Hall–Kier alpha value is -2.56. The first-order chi connectivity index (χ1) is 11.4. The average Bonchev–Trinajstić information content (AvgIpc) is 3.12. The molecule has 0 aromatic heterocycles. The van der Waals surface area contributed by atoms with Crippen molar-refractivity contribution in [2.75, 3.05) is 0 Å². The van der Waals surface area contributed by atoms with E-state index in [1.54, 1.807) is 13.0 Å². The monoisotopic (exact) mass is 326 g/mol. The Kier molecular flexibility index (Phi) is 3.27. The van der Waals surface area contributed by atoms with Crippen molar-refractivity contribution in [1.29, 1.82) is 0 Å². The molecule has 1 saturated heterocycles. The van der Waals surface area contributed by atoms with Gasteiger partial charge in [-0.2, -0.15) is 0 Å². The molecule has 1 aliphatic carbocycles. The number of fused-ring (bicyclic) bond motifs is 3. The van der Waals surface area contributed by atoms with Crippen LogP contribution in [0.5, 0.6) is 0 Å². The molecule has 0 bridgehead atoms. The molecule has 0 radical (unpaired) electrons. The van der Waals surface area contributed by atoms with E-state index in [0.29, 0.717) is 11.1 Å². The number of rotatable bonds is 2. The number of esters is 2. The molecule has 1 fully saturated rings. The quantitative estimate of drug-likeness (QED) is 0.475. The standard InChI is InChI=1S/C19H18O5/c1-9-4-12-7-14-15(8-22-16-6-11(3)18(20)23-16)19(21)24-17(14)13(12)5-10(9)2/h4-6,8,14,16-17H,7H2,1-3H3/b15-8+/t14-,16+,17-/m1/s1. The van der Waals surface area contributed by atoms with Crippen LogP contribution in [0.15, 0.2) is 35.6 Å². The number of aryl methyl sites for hydroxylation is 2. The van der Waals surface area contributed by atoms with Crippen LogP contribution in [-0.2, 0) is 30.2 Å². The first kappa shape index (κ1) is 15.0. The van der Waals surface area contributed by atoms with E-state index in [-0.39, 0.29) is 18.0 Å². The summed E-state index contributed by atoms with van der Waals surface area (Å²) in [4.78, 5) is 23.5. The van der Waals surface area contributed by atoms with Gasteiger partial charge in [0.25, 0.3) is 6.29 Å². The van der Waals surface area contributed by atoms with Gasteiger partial charge in [-0.1, -0.05) is 12.1 Å². The number of ether oxygens (including phenoxy) is 3. The Morgan fingerprint density at radius 1 is 1.08 bits per heavy atom. The van der Waals surface area contributed by atoms with E-state index in [1.807, 2.05) is 0 Å². The van der Waals surface area contributed by atoms with Crippen LogP contribution in [0.2, 0.25) is 0 Å². The first-order valence-corrected chi connectivity index (χ1v) is 8.00. The SMILES string of the molecule is CC1=C[C@@H](O/C=C2/C(=O)O[C@@H]3c4cc(C)c(C)cc4C[C@H]23)OC1=O. The zero-order chi connectivity index (χ0) is 17.0. The molecule has 5 nitrogen and oxygen atoms in total. The van der Waals surface area contributed by atoms with Crippen LogP contribution in [0.25, 0.3) is 0 Å². The summed E-state index contributed by atoms with van der Waals surface area (Å²) >= 11 is 0. The van der Waals surface area contributed by atoms with Gasteiger partial charge in [-0.25, -0.2) is 9.59 Å². The van der Waals surface area contributed by atoms with Crippen LogP contribution in [0.4, 0.5) is 0 Å². The summed E-state index contributed by atoms with van der Waals surface area (Å²) in [6.45, 7) is 5.80. The molecule has 5 heteroatoms. The van der Waals surface area contributed by atoms with Crippen molar-refractivity contribution >= 4 is 11.9 Å². The minimum Gasteiger partial charge on any atom is -0.458 e. The number of carbonyl (C=O) groups excluding carboxylic acids is 2. The lowest BCUT2D eigenvalue weighted by molar-refractivity contribution is -0.152. The summed E-state index contributed by atoms with van der Waals surface area (Å²) in [5.41, 5.74) is 5.74. The largest absolute Gasteiger partial charge is 0.458 e. The van der Waals surface area contributed by atoms with E-state index >= 15 is 0 Å². The van der Waals surface area contributed by atoms with E-state index in [4.69, 9.17) is 14.2 Å². The number of carbonyl (C=O) groups is 2. The molecule has 1 aromatic rings. The highest BCUT2D eigenvalue weighted by atomic mass is 16.7. The number of hydrogen-bond donors (Lipinski definition) is 0. The lowest BCUT2D eigenvalue weighted by atomic mass is 9.98. The topological polar surface area (TPSA) is 61.8 Å². The Morgan fingerprint density at radius 3 is 2.54 bits per heavy atom. The smallest absolute Gasteiger partial charge is 0.338 e. The van der Waals surface area contributed by atoms with Crippen LogP contribution in [0.1, 0.15) is 35.3 Å². The van der Waals surface area contributed by atoms with Crippen molar-refractivity contribution in [2.24, 2.45) is 5.92 Å². The van der Waals surface area contributed by atoms with Gasteiger partial charge in [-0.05, 0) is 49.4 Å². The van der Waals surface area contributed by atoms with Crippen LogP contribution < -0.4 is 0 Å². The number of hydrogen-bond acceptors (Lipinski definition) is 5. The Labute approximate surface area is 139 Å². The molecule has 3 atom stereocenters. The second-order valence-corrected chi connectivity index (χ2v) is 6.60. The third-order valence-corrected chi connectivity index (χ3v) is 5.00. The number of benzene rings is 1. The lowest BCUT2D eigenvalue weighted by Gasteiger charge is -2.10. The summed E-state index contributed by atoms with van der Waals surface area (Å²) in [5.74, 6) is -0.806. The minimum atomic E-state index is -0.773. The molecule has 0 saturated carbocycles. The van der Waals surface area contributed by atoms with E-state index in [2.05, 4.69) is 26.0 Å². The average molecular weight is 326 g/mol. The molecule has 2 heterocycles. The normalized spacial score (nSPS) is 29.2. The van der Waals surface area contributed by atoms with Crippen molar-refractivity contribution in [3.63, 3.8) is 0 Å². The van der Waals surface area contributed by atoms with E-state index in [9.17, 15) is 9.59 Å². The van der Waals surface area contributed by atoms with Gasteiger partial charge in [0, 0.05) is 17.6 Å². The van der Waals surface area contributed by atoms with Gasteiger partial charge in [0.2, 0.25) is 0 Å². The zero-order valence-electron chi connectivity index (χ0n) is 13.8. The first-order valence-electron chi connectivity index (χ1n) is 8.00. The van der Waals surface area contributed by atoms with Gasteiger partial charge < -0.3 is 14.2 Å². The fraction of sp³-hybridized carbons (Fsp3) is 0.368. The van der Waals surface area contributed by atoms with Gasteiger partial charge in [0.15, 0.2) is 0 Å². The van der Waals surface area contributed by atoms with Gasteiger partial charge in [0.05, 0.1) is 11.8 Å². The molecular weight excluding hydrogens is 308 g/mol. The molecular formula is C19H18O5. The predicted molar refractivity (Wildman–Crippen MR) is 84.7 cm³/mol. The summed E-state index contributed by atoms with van der Waals surface area (Å²) in [6, 6.07) is 4.28. The summed E-state index contributed by atoms with van der Waals surface area (Å²) < 4.78 is 16.1. The summed E-state index contributed by atoms with van der Waals surface area (Å²) in [5, 5.41) is 0. The molecule has 124 valence electrons.